The monoisotopic (exact) mass is 513 g/mol. The van der Waals surface area contributed by atoms with Crippen LogP contribution in [0.25, 0.3) is 11.1 Å². The van der Waals surface area contributed by atoms with Crippen molar-refractivity contribution in [3.8, 4) is 28.4 Å². The van der Waals surface area contributed by atoms with Gasteiger partial charge < -0.3 is 34.9 Å². The molecule has 0 unspecified atom stereocenters. The molecule has 3 rings (SSSR count). The van der Waals surface area contributed by atoms with Crippen LogP contribution in [0.3, 0.4) is 0 Å². The van der Waals surface area contributed by atoms with Gasteiger partial charge in [-0.15, -0.1) is 0 Å². The zero-order valence-electron chi connectivity index (χ0n) is 22.2. The van der Waals surface area contributed by atoms with E-state index in [4.69, 9.17) is 18.9 Å². The number of rotatable bonds is 10. The van der Waals surface area contributed by atoms with Crippen LogP contribution in [0.1, 0.15) is 37.4 Å². The SMILES string of the molecule is COCCNC(=O)[C@H](C)Nc1ccc2c(cc1=O)[C@@H](NC(C)=O)CCc1cc(OC)c(OC)c(OC)c1-2. The number of carbonyl (C=O) groups is 2. The van der Waals surface area contributed by atoms with Crippen LogP contribution in [-0.4, -0.2) is 59.4 Å². The van der Waals surface area contributed by atoms with Crippen molar-refractivity contribution < 1.29 is 28.5 Å². The van der Waals surface area contributed by atoms with E-state index in [0.717, 1.165) is 11.1 Å². The normalized spacial score (nSPS) is 14.8. The molecule has 1 aliphatic carbocycles. The lowest BCUT2D eigenvalue weighted by molar-refractivity contribution is -0.122. The van der Waals surface area contributed by atoms with E-state index in [1.807, 2.05) is 12.1 Å². The Bertz CT molecular complexity index is 1220. The van der Waals surface area contributed by atoms with Crippen molar-refractivity contribution in [2.45, 2.75) is 38.8 Å². The second-order valence-corrected chi connectivity index (χ2v) is 8.75. The standard InChI is InChI=1S/C27H35N3O7/c1-15(27(33)28-11-12-34-3)29-21-10-8-18-19(14-22(21)32)20(30-16(2)31)9-7-17-13-23(35-4)25(36-5)26(37-6)24(17)18/h8,10,13-15,20H,7,9,11-12H2,1-6H3,(H,28,33)(H,29,32)(H,30,31)/t15-,20-/m0/s1. The third-order valence-corrected chi connectivity index (χ3v) is 6.29. The average molecular weight is 514 g/mol. The molecule has 0 aromatic heterocycles. The molecule has 2 aromatic rings. The van der Waals surface area contributed by atoms with Gasteiger partial charge in [0.2, 0.25) is 23.0 Å². The lowest BCUT2D eigenvalue weighted by Crippen LogP contribution is -2.39. The number of benzene rings is 1. The first-order valence-corrected chi connectivity index (χ1v) is 12.1. The van der Waals surface area contributed by atoms with Gasteiger partial charge in [-0.2, -0.15) is 0 Å². The van der Waals surface area contributed by atoms with Gasteiger partial charge in [0, 0.05) is 26.1 Å². The summed E-state index contributed by atoms with van der Waals surface area (Å²) in [6, 6.07) is 5.79. The lowest BCUT2D eigenvalue weighted by atomic mass is 9.95. The van der Waals surface area contributed by atoms with E-state index >= 15 is 0 Å². The molecule has 0 saturated heterocycles. The van der Waals surface area contributed by atoms with Gasteiger partial charge in [-0.1, -0.05) is 6.07 Å². The summed E-state index contributed by atoms with van der Waals surface area (Å²) < 4.78 is 21.9. The van der Waals surface area contributed by atoms with Crippen LogP contribution >= 0.6 is 0 Å². The summed E-state index contributed by atoms with van der Waals surface area (Å²) in [6.07, 6.45) is 1.16. The van der Waals surface area contributed by atoms with E-state index in [9.17, 15) is 14.4 Å². The molecule has 2 amide bonds. The summed E-state index contributed by atoms with van der Waals surface area (Å²) in [6.45, 7) is 3.87. The molecule has 10 heteroatoms. The number of ether oxygens (including phenoxy) is 4. The van der Waals surface area contributed by atoms with E-state index in [1.165, 1.54) is 20.1 Å². The molecule has 200 valence electrons. The van der Waals surface area contributed by atoms with Gasteiger partial charge in [0.1, 0.15) is 6.04 Å². The number of hydrogen-bond donors (Lipinski definition) is 3. The molecule has 0 heterocycles. The van der Waals surface area contributed by atoms with Crippen molar-refractivity contribution in [1.82, 2.24) is 10.6 Å². The largest absolute Gasteiger partial charge is 0.493 e. The van der Waals surface area contributed by atoms with E-state index in [-0.39, 0.29) is 22.9 Å². The van der Waals surface area contributed by atoms with Gasteiger partial charge in [-0.25, -0.2) is 0 Å². The highest BCUT2D eigenvalue weighted by Gasteiger charge is 2.29. The molecule has 37 heavy (non-hydrogen) atoms. The summed E-state index contributed by atoms with van der Waals surface area (Å²) in [4.78, 5) is 37.9. The van der Waals surface area contributed by atoms with Crippen LogP contribution in [0.4, 0.5) is 5.69 Å². The number of aryl methyl sites for hydroxylation is 1. The van der Waals surface area contributed by atoms with Gasteiger partial charge in [0.05, 0.1) is 39.7 Å². The Morgan fingerprint density at radius 2 is 1.78 bits per heavy atom. The Kier molecular flexibility index (Phi) is 9.35. The second kappa shape index (κ2) is 12.4. The number of anilines is 1. The zero-order valence-corrected chi connectivity index (χ0v) is 22.2. The number of methoxy groups -OCH3 is 4. The maximum Gasteiger partial charge on any atom is 0.242 e. The predicted molar refractivity (Wildman–Crippen MR) is 141 cm³/mol. The number of fused-ring (bicyclic) bond motifs is 3. The van der Waals surface area contributed by atoms with Crippen molar-refractivity contribution in [1.29, 1.82) is 0 Å². The third kappa shape index (κ3) is 6.14. The third-order valence-electron chi connectivity index (χ3n) is 6.29. The summed E-state index contributed by atoms with van der Waals surface area (Å²) in [5.74, 6) is 0.965. The number of carbonyl (C=O) groups excluding carboxylic acids is 2. The Hall–Kier alpha value is -3.79. The summed E-state index contributed by atoms with van der Waals surface area (Å²) in [5, 5.41) is 8.75. The van der Waals surface area contributed by atoms with Crippen LogP contribution in [0.2, 0.25) is 0 Å². The molecule has 3 N–H and O–H groups in total. The van der Waals surface area contributed by atoms with Crippen molar-refractivity contribution in [3.63, 3.8) is 0 Å². The van der Waals surface area contributed by atoms with Crippen LogP contribution in [0, 0.1) is 0 Å². The van der Waals surface area contributed by atoms with Crippen LogP contribution in [0.15, 0.2) is 29.1 Å². The predicted octanol–water partition coefficient (Wildman–Crippen LogP) is 2.43. The molecule has 10 nitrogen and oxygen atoms in total. The van der Waals surface area contributed by atoms with Crippen molar-refractivity contribution in [3.05, 3.63) is 45.6 Å². The molecule has 0 fully saturated rings. The van der Waals surface area contributed by atoms with Crippen molar-refractivity contribution in [2.75, 3.05) is 46.9 Å². The highest BCUT2D eigenvalue weighted by Crippen LogP contribution is 2.50. The van der Waals surface area contributed by atoms with Gasteiger partial charge in [-0.05, 0) is 54.7 Å². The highest BCUT2D eigenvalue weighted by molar-refractivity contribution is 5.85. The van der Waals surface area contributed by atoms with Crippen LogP contribution in [0.5, 0.6) is 17.2 Å². The molecule has 2 atom stereocenters. The maximum absolute atomic E-state index is 13.3. The van der Waals surface area contributed by atoms with E-state index in [1.54, 1.807) is 34.3 Å². The molecule has 1 aliphatic rings. The minimum atomic E-state index is -0.663. The Morgan fingerprint density at radius 1 is 1.05 bits per heavy atom. The first kappa shape index (κ1) is 27.8. The Morgan fingerprint density at radius 3 is 2.41 bits per heavy atom. The lowest BCUT2D eigenvalue weighted by Gasteiger charge is -2.19. The fraction of sp³-hybridized carbons (Fsp3) is 0.444. The Balaban J connectivity index is 2.18. The van der Waals surface area contributed by atoms with Crippen molar-refractivity contribution >= 4 is 17.5 Å². The summed E-state index contributed by atoms with van der Waals surface area (Å²) in [7, 11) is 6.19. The van der Waals surface area contributed by atoms with Gasteiger partial charge in [0.15, 0.2) is 11.5 Å². The first-order valence-electron chi connectivity index (χ1n) is 12.1. The quantitative estimate of drug-likeness (QED) is 0.414. The summed E-state index contributed by atoms with van der Waals surface area (Å²) in [5.41, 5.74) is 3.00. The molecular weight excluding hydrogens is 478 g/mol. The highest BCUT2D eigenvalue weighted by atomic mass is 16.5. The number of nitrogens with one attached hydrogen (secondary N) is 3. The smallest absolute Gasteiger partial charge is 0.242 e. The van der Waals surface area contributed by atoms with E-state index in [0.29, 0.717) is 54.4 Å². The van der Waals surface area contributed by atoms with Crippen molar-refractivity contribution in [2.24, 2.45) is 0 Å². The molecule has 0 aliphatic heterocycles. The minimum Gasteiger partial charge on any atom is -0.493 e. The minimum absolute atomic E-state index is 0.206. The Labute approximate surface area is 216 Å². The van der Waals surface area contributed by atoms with Gasteiger partial charge >= 0.3 is 0 Å². The number of amides is 2. The topological polar surface area (TPSA) is 124 Å². The average Bonchev–Trinajstić information content (AvgIpc) is 3.11. The van der Waals surface area contributed by atoms with Gasteiger partial charge in [-0.3, -0.25) is 14.4 Å². The van der Waals surface area contributed by atoms with E-state index in [2.05, 4.69) is 16.0 Å². The number of hydrogen-bond acceptors (Lipinski definition) is 8. The molecule has 2 aromatic carbocycles. The first-order chi connectivity index (χ1) is 17.7. The zero-order chi connectivity index (χ0) is 27.1. The van der Waals surface area contributed by atoms with E-state index < -0.39 is 12.1 Å². The fourth-order valence-corrected chi connectivity index (χ4v) is 4.56. The maximum atomic E-state index is 13.3. The summed E-state index contributed by atoms with van der Waals surface area (Å²) >= 11 is 0. The molecule has 0 spiro atoms. The molecule has 0 radical (unpaired) electrons. The van der Waals surface area contributed by atoms with Crippen LogP contribution < -0.4 is 35.6 Å². The molecule has 0 bridgehead atoms. The fourth-order valence-electron chi connectivity index (χ4n) is 4.56. The van der Waals surface area contributed by atoms with Crippen LogP contribution in [-0.2, 0) is 20.7 Å². The molecular formula is C27H35N3O7. The second-order valence-electron chi connectivity index (χ2n) is 8.75. The molecule has 0 saturated carbocycles. The van der Waals surface area contributed by atoms with Gasteiger partial charge in [0.25, 0.3) is 0 Å².